The fourth-order valence-electron chi connectivity index (χ4n) is 3.47. The summed E-state index contributed by atoms with van der Waals surface area (Å²) in [6.07, 6.45) is 0. The molecule has 0 bridgehead atoms. The molecule has 4 aromatic rings. The van der Waals surface area contributed by atoms with Gasteiger partial charge in [0, 0.05) is 17.8 Å². The molecule has 0 saturated carbocycles. The van der Waals surface area contributed by atoms with Gasteiger partial charge in [-0.1, -0.05) is 29.0 Å². The average Bonchev–Trinajstić information content (AvgIpc) is 3.19. The molecule has 0 fully saturated rings. The number of benzene rings is 3. The van der Waals surface area contributed by atoms with E-state index in [9.17, 15) is 18.0 Å². The Kier molecular flexibility index (Phi) is 6.86. The Morgan fingerprint density at radius 2 is 1.66 bits per heavy atom. The van der Waals surface area contributed by atoms with Gasteiger partial charge in [0.05, 0.1) is 27.8 Å². The minimum Gasteiger partial charge on any atom is -0.465 e. The topological polar surface area (TPSA) is 107 Å². The average molecular weight is 510 g/mol. The van der Waals surface area contributed by atoms with E-state index in [1.807, 2.05) is 18.4 Å². The number of methoxy groups -OCH3 is 1. The number of carbonyl (C=O) groups excluding carboxylic acids is 2. The maximum Gasteiger partial charge on any atom is 0.337 e. The first-order valence-corrected chi connectivity index (χ1v) is 13.0. The summed E-state index contributed by atoms with van der Waals surface area (Å²) in [5, 5.41) is 0. The molecule has 0 aliphatic heterocycles. The Morgan fingerprint density at radius 1 is 1.00 bits per heavy atom. The third-order valence-electron chi connectivity index (χ3n) is 5.33. The van der Waals surface area contributed by atoms with Gasteiger partial charge in [-0.15, -0.1) is 0 Å². The lowest BCUT2D eigenvalue weighted by atomic mass is 10.2. The van der Waals surface area contributed by atoms with Crippen molar-refractivity contribution in [3.8, 4) is 0 Å². The summed E-state index contributed by atoms with van der Waals surface area (Å²) in [6.45, 7) is 4.41. The number of amides is 1. The molecule has 1 amide bonds. The molecule has 4 rings (SSSR count). The van der Waals surface area contributed by atoms with Crippen LogP contribution in [0.4, 0.5) is 5.69 Å². The fraction of sp³-hybridized carbons (Fsp3) is 0.160. The van der Waals surface area contributed by atoms with Crippen LogP contribution in [0.25, 0.3) is 10.2 Å². The molecule has 0 spiro atoms. The highest BCUT2D eigenvalue weighted by Crippen LogP contribution is 2.21. The maximum absolute atomic E-state index is 12.8. The van der Waals surface area contributed by atoms with Crippen LogP contribution in [0.1, 0.15) is 33.2 Å². The Balaban J connectivity index is 1.59. The van der Waals surface area contributed by atoms with Gasteiger partial charge in [-0.05, 0) is 68.4 Å². The first-order valence-electron chi connectivity index (χ1n) is 10.7. The fourth-order valence-corrected chi connectivity index (χ4v) is 5.66. The molecule has 0 aliphatic rings. The van der Waals surface area contributed by atoms with Gasteiger partial charge in [0.1, 0.15) is 0 Å². The molecule has 0 saturated heterocycles. The van der Waals surface area contributed by atoms with Crippen molar-refractivity contribution in [1.29, 1.82) is 0 Å². The summed E-state index contributed by atoms with van der Waals surface area (Å²) in [6, 6.07) is 17.8. The van der Waals surface area contributed by atoms with Crippen molar-refractivity contribution in [3.05, 3.63) is 88.2 Å². The number of nitrogens with zero attached hydrogens (tertiary/aromatic N) is 2. The van der Waals surface area contributed by atoms with E-state index in [1.54, 1.807) is 30.3 Å². The number of esters is 1. The Hall–Kier alpha value is -3.76. The first kappa shape index (κ1) is 24.4. The van der Waals surface area contributed by atoms with Crippen LogP contribution in [0.15, 0.2) is 76.6 Å². The highest BCUT2D eigenvalue weighted by Gasteiger charge is 2.15. The number of nitrogens with one attached hydrogen (secondary N) is 1. The second-order valence-corrected chi connectivity index (χ2v) is 10.4. The Morgan fingerprint density at radius 3 is 2.29 bits per heavy atom. The zero-order valence-corrected chi connectivity index (χ0v) is 20.9. The number of sulfonamides is 1. The van der Waals surface area contributed by atoms with Crippen LogP contribution in [0, 0.1) is 6.92 Å². The third-order valence-corrected chi connectivity index (χ3v) is 7.77. The van der Waals surface area contributed by atoms with Crippen LogP contribution in [-0.4, -0.2) is 32.0 Å². The SMILES string of the molecule is CCn1c(=NC(=O)c2ccc(NS(=O)(=O)c3ccc(C)cc3)cc2)sc2cc(C(=O)OC)ccc21. The van der Waals surface area contributed by atoms with E-state index in [0.717, 1.165) is 15.8 Å². The minimum absolute atomic E-state index is 0.155. The van der Waals surface area contributed by atoms with Crippen molar-refractivity contribution in [2.75, 3.05) is 11.8 Å². The molecule has 0 atom stereocenters. The summed E-state index contributed by atoms with van der Waals surface area (Å²) in [7, 11) is -2.42. The van der Waals surface area contributed by atoms with Gasteiger partial charge < -0.3 is 9.30 Å². The predicted molar refractivity (Wildman–Crippen MR) is 135 cm³/mol. The van der Waals surface area contributed by atoms with E-state index >= 15 is 0 Å². The quantitative estimate of drug-likeness (QED) is 0.389. The molecule has 8 nitrogen and oxygen atoms in total. The Labute approximate surface area is 206 Å². The van der Waals surface area contributed by atoms with Crippen LogP contribution in [0.3, 0.4) is 0 Å². The van der Waals surface area contributed by atoms with Crippen molar-refractivity contribution in [2.24, 2.45) is 4.99 Å². The lowest BCUT2D eigenvalue weighted by Gasteiger charge is -2.08. The second kappa shape index (κ2) is 9.85. The molecular weight excluding hydrogens is 486 g/mol. The summed E-state index contributed by atoms with van der Waals surface area (Å²) < 4.78 is 35.2. The predicted octanol–water partition coefficient (Wildman–Crippen LogP) is 4.36. The van der Waals surface area contributed by atoms with Crippen LogP contribution >= 0.6 is 11.3 Å². The molecule has 10 heteroatoms. The number of anilines is 1. The molecule has 1 heterocycles. The summed E-state index contributed by atoms with van der Waals surface area (Å²) in [5.41, 5.74) is 2.90. The molecule has 0 aliphatic carbocycles. The van der Waals surface area contributed by atoms with Gasteiger partial charge in [-0.25, -0.2) is 13.2 Å². The van der Waals surface area contributed by atoms with E-state index in [0.29, 0.717) is 28.2 Å². The standard InChI is InChI=1S/C25H23N3O5S2/c1-4-28-21-14-9-18(24(30)33-3)15-22(21)34-25(28)26-23(29)17-7-10-19(11-8-17)27-35(31,32)20-12-5-16(2)6-13-20/h5-15,27H,4H2,1-3H3. The molecule has 1 aromatic heterocycles. The highest BCUT2D eigenvalue weighted by atomic mass is 32.2. The van der Waals surface area contributed by atoms with Gasteiger partial charge in [-0.2, -0.15) is 4.99 Å². The molecule has 180 valence electrons. The number of aromatic nitrogens is 1. The first-order chi connectivity index (χ1) is 16.7. The van der Waals surface area contributed by atoms with Crippen molar-refractivity contribution in [2.45, 2.75) is 25.3 Å². The monoisotopic (exact) mass is 509 g/mol. The zero-order chi connectivity index (χ0) is 25.2. The summed E-state index contributed by atoms with van der Waals surface area (Å²) in [5.74, 6) is -0.893. The van der Waals surface area contributed by atoms with E-state index in [4.69, 9.17) is 4.74 Å². The molecule has 3 aromatic carbocycles. The number of fused-ring (bicyclic) bond motifs is 1. The number of ether oxygens (including phenoxy) is 1. The second-order valence-electron chi connectivity index (χ2n) is 7.72. The van der Waals surface area contributed by atoms with Crippen molar-refractivity contribution in [3.63, 3.8) is 0 Å². The summed E-state index contributed by atoms with van der Waals surface area (Å²) >= 11 is 1.30. The van der Waals surface area contributed by atoms with Crippen molar-refractivity contribution >= 4 is 49.1 Å². The highest BCUT2D eigenvalue weighted by molar-refractivity contribution is 7.92. The molecule has 0 radical (unpaired) electrons. The van der Waals surface area contributed by atoms with Gasteiger partial charge in [0.25, 0.3) is 15.9 Å². The van der Waals surface area contributed by atoms with Gasteiger partial charge in [0.2, 0.25) is 0 Å². The normalized spacial score (nSPS) is 12.0. The van der Waals surface area contributed by atoms with Crippen LogP contribution < -0.4 is 9.52 Å². The van der Waals surface area contributed by atoms with E-state index in [1.165, 1.54) is 54.8 Å². The van der Waals surface area contributed by atoms with Crippen LogP contribution in [0.2, 0.25) is 0 Å². The van der Waals surface area contributed by atoms with Gasteiger partial charge in [0.15, 0.2) is 4.80 Å². The number of carbonyl (C=O) groups is 2. The summed E-state index contributed by atoms with van der Waals surface area (Å²) in [4.78, 5) is 29.6. The number of hydrogen-bond donors (Lipinski definition) is 1. The molecular formula is C25H23N3O5S2. The molecule has 35 heavy (non-hydrogen) atoms. The lowest BCUT2D eigenvalue weighted by Crippen LogP contribution is -2.16. The Bertz CT molecular complexity index is 1580. The van der Waals surface area contributed by atoms with E-state index in [-0.39, 0.29) is 4.90 Å². The molecule has 1 N–H and O–H groups in total. The van der Waals surface area contributed by atoms with Crippen LogP contribution in [0.5, 0.6) is 0 Å². The van der Waals surface area contributed by atoms with Gasteiger partial charge in [-0.3, -0.25) is 9.52 Å². The third kappa shape index (κ3) is 5.18. The lowest BCUT2D eigenvalue weighted by molar-refractivity contribution is 0.0600. The molecule has 0 unspecified atom stereocenters. The van der Waals surface area contributed by atoms with Crippen LogP contribution in [-0.2, 0) is 21.3 Å². The van der Waals surface area contributed by atoms with Crippen molar-refractivity contribution in [1.82, 2.24) is 4.57 Å². The maximum atomic E-state index is 12.8. The zero-order valence-electron chi connectivity index (χ0n) is 19.3. The van der Waals surface area contributed by atoms with Gasteiger partial charge >= 0.3 is 5.97 Å². The van der Waals surface area contributed by atoms with E-state index in [2.05, 4.69) is 9.71 Å². The number of hydrogen-bond acceptors (Lipinski definition) is 6. The number of rotatable bonds is 6. The smallest absolute Gasteiger partial charge is 0.337 e. The van der Waals surface area contributed by atoms with E-state index < -0.39 is 21.9 Å². The minimum atomic E-state index is -3.74. The number of thiazole rings is 1. The largest absolute Gasteiger partial charge is 0.465 e. The van der Waals surface area contributed by atoms with Crippen molar-refractivity contribution < 1.29 is 22.7 Å². The number of aryl methyl sites for hydroxylation is 2.